The molecule has 2 amide bonds. The van der Waals surface area contributed by atoms with Crippen LogP contribution in [0.25, 0.3) is 0 Å². The summed E-state index contributed by atoms with van der Waals surface area (Å²) in [6, 6.07) is 5.82. The summed E-state index contributed by atoms with van der Waals surface area (Å²) in [5.74, 6) is -4.86. The van der Waals surface area contributed by atoms with Crippen molar-refractivity contribution in [3.63, 3.8) is 0 Å². The first-order chi connectivity index (χ1) is 22.0. The number of nitrogens with two attached hydrogens (primary N) is 1. The number of β-lactam (4-membered cyclic amide) rings is 1. The highest BCUT2D eigenvalue weighted by atomic mass is 32.2. The van der Waals surface area contributed by atoms with Crippen LogP contribution in [0, 0.1) is 0 Å². The molecule has 16 nitrogen and oxygen atoms in total. The quantitative estimate of drug-likeness (QED) is 0.0346. The van der Waals surface area contributed by atoms with Gasteiger partial charge in [-0.05, 0) is 17.7 Å². The van der Waals surface area contributed by atoms with E-state index in [-0.39, 0.29) is 22.1 Å². The van der Waals surface area contributed by atoms with Gasteiger partial charge in [-0.1, -0.05) is 15.9 Å². The largest absolute Gasteiger partial charge is 0.504 e. The monoisotopic (exact) mass is 688 g/mol. The number of hydrogen-bond acceptors (Lipinski definition) is 14. The molecule has 46 heavy (non-hydrogen) atoms. The van der Waals surface area contributed by atoms with Gasteiger partial charge in [0.05, 0.1) is 7.05 Å². The van der Waals surface area contributed by atoms with Crippen LogP contribution in [0.1, 0.15) is 17.4 Å². The van der Waals surface area contributed by atoms with Crippen molar-refractivity contribution in [2.75, 3.05) is 29.7 Å². The lowest BCUT2D eigenvalue weighted by Gasteiger charge is -2.49. The lowest BCUT2D eigenvalue weighted by Crippen LogP contribution is -2.71. The Balaban J connectivity index is 1.34. The Morgan fingerprint density at radius 1 is 1.22 bits per heavy atom. The number of carboxylic acid groups (broad SMARTS) is 2. The van der Waals surface area contributed by atoms with E-state index in [2.05, 4.69) is 20.9 Å². The molecular weight excluding hydrogens is 663 g/mol. The molecule has 4 heterocycles. The number of anilines is 1. The maximum Gasteiger partial charge on any atom is 0.352 e. The molecule has 1 fully saturated rings. The van der Waals surface area contributed by atoms with E-state index < -0.39 is 58.5 Å². The zero-order valence-corrected chi connectivity index (χ0v) is 26.1. The second-order valence-electron chi connectivity index (χ2n) is 9.65. The summed E-state index contributed by atoms with van der Waals surface area (Å²) < 4.78 is 1.75. The number of thioether (sulfide) groups is 2. The van der Waals surface area contributed by atoms with Crippen LogP contribution in [0.15, 0.2) is 69.4 Å². The van der Waals surface area contributed by atoms with Crippen molar-refractivity contribution in [2.45, 2.75) is 22.4 Å². The van der Waals surface area contributed by atoms with Gasteiger partial charge < -0.3 is 36.3 Å². The molecule has 0 aliphatic carbocycles. The number of phenols is 2. The predicted molar refractivity (Wildman–Crippen MR) is 167 cm³/mol. The minimum atomic E-state index is -1.81. The molecule has 3 atom stereocenters. The first-order valence-corrected chi connectivity index (χ1v) is 16.1. The third-order valence-corrected chi connectivity index (χ3v) is 9.87. The molecule has 240 valence electrons. The van der Waals surface area contributed by atoms with Gasteiger partial charge in [0.1, 0.15) is 22.8 Å². The van der Waals surface area contributed by atoms with Crippen molar-refractivity contribution >= 4 is 69.5 Å². The smallest absolute Gasteiger partial charge is 0.352 e. The number of carbonyl (C=O) groups excluding carboxylic acids is 2. The van der Waals surface area contributed by atoms with Gasteiger partial charge in [0.25, 0.3) is 11.8 Å². The number of carboxylic acids is 2. The SMILES string of the molecule is CN[n+]1ccc(SCC2=C(C(=O)O)N3C(=O)[C@@H](NC(=O)/C(=N\O[C@H](C(=O)O)c4ccc(O)c(O)c4)c4csc(N)n4)[C@@H]3SC2)cc1. The lowest BCUT2D eigenvalue weighted by molar-refractivity contribution is -0.647. The van der Waals surface area contributed by atoms with Crippen molar-refractivity contribution in [3.05, 3.63) is 70.6 Å². The maximum atomic E-state index is 13.4. The number of aromatic nitrogens is 2. The number of nitrogen functional groups attached to an aromatic ring is 1. The number of carbonyl (C=O) groups is 4. The van der Waals surface area contributed by atoms with Gasteiger partial charge in [-0.15, -0.1) is 34.9 Å². The van der Waals surface area contributed by atoms with Gasteiger partial charge in [0.15, 0.2) is 22.3 Å². The number of rotatable bonds is 12. The molecule has 0 unspecified atom stereocenters. The van der Waals surface area contributed by atoms with Gasteiger partial charge in [0, 0.05) is 39.5 Å². The van der Waals surface area contributed by atoms with Crippen molar-refractivity contribution < 1.29 is 49.1 Å². The third kappa shape index (κ3) is 6.65. The number of amides is 2. The van der Waals surface area contributed by atoms with Crippen LogP contribution in [0.4, 0.5) is 5.13 Å². The Bertz CT molecular complexity index is 1760. The molecule has 2 aliphatic heterocycles. The van der Waals surface area contributed by atoms with Crippen LogP contribution >= 0.6 is 34.9 Å². The fraction of sp³-hybridized carbons (Fsp3) is 0.222. The Kier molecular flexibility index (Phi) is 9.54. The number of phenolic OH excluding ortho intramolecular Hbond substituents is 2. The van der Waals surface area contributed by atoms with E-state index in [0.717, 1.165) is 33.3 Å². The van der Waals surface area contributed by atoms with Crippen molar-refractivity contribution in [1.29, 1.82) is 0 Å². The molecule has 0 bridgehead atoms. The molecule has 2 aromatic heterocycles. The minimum Gasteiger partial charge on any atom is -0.504 e. The standard InChI is InChI=1S/C27H25N7O9S3/c1-29-33-6-4-14(5-7-33)44-9-13-10-45-24-19(23(38)34(24)20(13)25(39)40)31-22(37)18(15-11-46-27(28)30-15)32-43-21(26(41)42)12-2-3-16(35)17(36)8-12/h2-8,11,19,21,24,29H,9-10H2,1H3,(H6-,28,30,31,32,35,36,37,39,40,41,42)/p+1/t19-,21+,24+/m1/s1. The Morgan fingerprint density at radius 3 is 2.57 bits per heavy atom. The number of nitrogens with one attached hydrogen (secondary N) is 2. The highest BCUT2D eigenvalue weighted by Crippen LogP contribution is 2.41. The molecule has 8 N–H and O–H groups in total. The van der Waals surface area contributed by atoms with Crippen LogP contribution in [0.2, 0.25) is 0 Å². The number of thiazole rings is 1. The molecule has 1 saturated heterocycles. The first-order valence-electron chi connectivity index (χ1n) is 13.2. The molecule has 5 rings (SSSR count). The fourth-order valence-corrected chi connectivity index (χ4v) is 7.41. The normalized spacial score (nSPS) is 18.3. The number of pyridine rings is 1. The summed E-state index contributed by atoms with van der Waals surface area (Å²) in [7, 11) is 1.77. The first kappa shape index (κ1) is 32.4. The van der Waals surface area contributed by atoms with E-state index >= 15 is 0 Å². The van der Waals surface area contributed by atoms with Crippen molar-refractivity contribution in [1.82, 2.24) is 15.2 Å². The van der Waals surface area contributed by atoms with E-state index in [0.29, 0.717) is 17.1 Å². The Hall–Kier alpha value is -5.01. The average Bonchev–Trinajstić information content (AvgIpc) is 3.47. The average molecular weight is 689 g/mol. The molecule has 19 heteroatoms. The van der Waals surface area contributed by atoms with Gasteiger partial charge in [-0.3, -0.25) is 14.5 Å². The summed E-state index contributed by atoms with van der Waals surface area (Å²) in [5, 5.41) is 46.1. The van der Waals surface area contributed by atoms with E-state index in [1.165, 1.54) is 35.0 Å². The summed E-state index contributed by atoms with van der Waals surface area (Å²) in [6.07, 6.45) is 1.82. The molecule has 0 spiro atoms. The molecular formula is C27H26N7O9S3+. The number of nitrogens with zero attached hydrogens (tertiary/aromatic N) is 4. The third-order valence-electron chi connectivity index (χ3n) is 6.76. The number of benzene rings is 1. The molecule has 1 aromatic carbocycles. The van der Waals surface area contributed by atoms with Gasteiger partial charge >= 0.3 is 11.9 Å². The summed E-state index contributed by atoms with van der Waals surface area (Å²) >= 11 is 3.68. The van der Waals surface area contributed by atoms with Crippen LogP contribution < -0.4 is 21.2 Å². The van der Waals surface area contributed by atoms with E-state index in [1.54, 1.807) is 11.7 Å². The summed E-state index contributed by atoms with van der Waals surface area (Å²) in [4.78, 5) is 62.2. The van der Waals surface area contributed by atoms with Crippen LogP contribution in [-0.4, -0.2) is 89.7 Å². The maximum absolute atomic E-state index is 13.4. The summed E-state index contributed by atoms with van der Waals surface area (Å²) in [6.45, 7) is 0. The topological polar surface area (TPSA) is 241 Å². The lowest BCUT2D eigenvalue weighted by atomic mass is 10.0. The van der Waals surface area contributed by atoms with Crippen LogP contribution in [-0.2, 0) is 24.0 Å². The number of oxime groups is 1. The predicted octanol–water partition coefficient (Wildman–Crippen LogP) is 0.675. The van der Waals surface area contributed by atoms with Gasteiger partial charge in [-0.2, -0.15) is 5.43 Å². The minimum absolute atomic E-state index is 0.0656. The van der Waals surface area contributed by atoms with E-state index in [1.807, 2.05) is 24.5 Å². The zero-order chi connectivity index (χ0) is 33.1. The Morgan fingerprint density at radius 2 is 1.96 bits per heavy atom. The highest BCUT2D eigenvalue weighted by Gasteiger charge is 2.54. The summed E-state index contributed by atoms with van der Waals surface area (Å²) in [5.41, 5.74) is 8.43. The van der Waals surface area contributed by atoms with Crippen molar-refractivity contribution in [3.8, 4) is 11.5 Å². The number of aromatic hydroxyl groups is 2. The Labute approximate surface area is 272 Å². The zero-order valence-electron chi connectivity index (χ0n) is 23.7. The van der Waals surface area contributed by atoms with Crippen LogP contribution in [0.3, 0.4) is 0 Å². The van der Waals surface area contributed by atoms with E-state index in [4.69, 9.17) is 10.6 Å². The molecule has 2 aliphatic rings. The van der Waals surface area contributed by atoms with Crippen molar-refractivity contribution in [2.24, 2.45) is 5.16 Å². The second-order valence-corrected chi connectivity index (χ2v) is 12.7. The number of fused-ring (bicyclic) bond motifs is 1. The van der Waals surface area contributed by atoms with Gasteiger partial charge in [-0.25, -0.2) is 14.6 Å². The molecule has 0 radical (unpaired) electrons. The fourth-order valence-electron chi connectivity index (χ4n) is 4.49. The van der Waals surface area contributed by atoms with Gasteiger partial charge in [0.2, 0.25) is 18.5 Å². The molecule has 3 aromatic rings. The number of aliphatic carboxylic acids is 2. The second kappa shape index (κ2) is 13.5. The molecule has 0 saturated carbocycles. The van der Waals surface area contributed by atoms with E-state index in [9.17, 15) is 39.6 Å². The van der Waals surface area contributed by atoms with Crippen LogP contribution in [0.5, 0.6) is 11.5 Å². The number of hydrogen-bond donors (Lipinski definition) is 7. The highest BCUT2D eigenvalue weighted by molar-refractivity contribution is 8.01.